The van der Waals surface area contributed by atoms with Crippen LogP contribution in [-0.2, 0) is 20.0 Å². The first-order chi connectivity index (χ1) is 17.4. The average Bonchev–Trinajstić information content (AvgIpc) is 2.86. The van der Waals surface area contributed by atoms with Gasteiger partial charge in [0.1, 0.15) is 11.6 Å². The monoisotopic (exact) mass is 546 g/mol. The van der Waals surface area contributed by atoms with E-state index in [4.69, 9.17) is 9.29 Å². The van der Waals surface area contributed by atoms with Crippen LogP contribution in [0.3, 0.4) is 0 Å². The Morgan fingerprint density at radius 2 is 1.70 bits per heavy atom. The van der Waals surface area contributed by atoms with E-state index < -0.39 is 31.7 Å². The lowest BCUT2D eigenvalue weighted by atomic mass is 10.1. The molecule has 0 unspecified atom stereocenters. The van der Waals surface area contributed by atoms with Crippen LogP contribution in [0.2, 0.25) is 0 Å². The van der Waals surface area contributed by atoms with Crippen LogP contribution in [0.25, 0.3) is 0 Å². The second kappa shape index (κ2) is 11.5. The number of sulfone groups is 1. The van der Waals surface area contributed by atoms with E-state index in [1.54, 1.807) is 62.4 Å². The van der Waals surface area contributed by atoms with Crippen molar-refractivity contribution in [3.63, 3.8) is 0 Å². The van der Waals surface area contributed by atoms with Crippen LogP contribution in [0, 0.1) is 6.92 Å². The van der Waals surface area contributed by atoms with Gasteiger partial charge >= 0.3 is 0 Å². The molecule has 196 valence electrons. The zero-order chi connectivity index (χ0) is 27.2. The molecule has 37 heavy (non-hydrogen) atoms. The van der Waals surface area contributed by atoms with Gasteiger partial charge in [-0.1, -0.05) is 13.0 Å². The summed E-state index contributed by atoms with van der Waals surface area (Å²) in [5.74, 6) is -0.816. The highest BCUT2D eigenvalue weighted by Gasteiger charge is 2.14. The topological polar surface area (TPSA) is 164 Å². The molecule has 0 radical (unpaired) electrons. The van der Waals surface area contributed by atoms with E-state index in [0.29, 0.717) is 39.6 Å². The Labute approximate surface area is 215 Å². The molecule has 3 aromatic carbocycles. The van der Waals surface area contributed by atoms with E-state index in [1.807, 2.05) is 0 Å². The largest absolute Gasteiger partial charge is 0.495 e. The molecule has 1 amide bonds. The smallest absolute Gasteiger partial charge is 0.283 e. The highest BCUT2D eigenvalue weighted by Crippen LogP contribution is 2.34. The number of ether oxygens (including phenoxy) is 1. The maximum Gasteiger partial charge on any atom is 0.283 e. The van der Waals surface area contributed by atoms with Crippen LogP contribution in [0.4, 0.5) is 22.7 Å². The molecule has 0 atom stereocenters. The van der Waals surface area contributed by atoms with Crippen molar-refractivity contribution in [1.29, 1.82) is 0 Å². The molecule has 0 aliphatic heterocycles. The first-order valence-electron chi connectivity index (χ1n) is 11.0. The third-order valence-corrected chi connectivity index (χ3v) is 7.44. The number of nitrogens with one attached hydrogen (secondary N) is 2. The summed E-state index contributed by atoms with van der Waals surface area (Å²) in [5.41, 5.74) is 2.69. The molecule has 3 N–H and O–H groups in total. The molecule has 0 heterocycles. The second-order valence-electron chi connectivity index (χ2n) is 7.87. The Kier molecular flexibility index (Phi) is 8.63. The van der Waals surface area contributed by atoms with Gasteiger partial charge in [0.25, 0.3) is 16.0 Å². The Balaban J connectivity index is 1.72. The van der Waals surface area contributed by atoms with E-state index in [9.17, 15) is 21.6 Å². The van der Waals surface area contributed by atoms with E-state index >= 15 is 0 Å². The van der Waals surface area contributed by atoms with Crippen molar-refractivity contribution in [2.45, 2.75) is 18.7 Å². The number of carbonyl (C=O) groups is 1. The zero-order valence-corrected chi connectivity index (χ0v) is 21.9. The van der Waals surface area contributed by atoms with Gasteiger partial charge in [-0.05, 0) is 61.0 Å². The summed E-state index contributed by atoms with van der Waals surface area (Å²) in [6.07, 6.45) is 0. The molecular formula is C24H26N4O7S2. The zero-order valence-electron chi connectivity index (χ0n) is 20.3. The van der Waals surface area contributed by atoms with Crippen molar-refractivity contribution in [2.24, 2.45) is 10.2 Å². The fourth-order valence-corrected chi connectivity index (χ4v) is 4.45. The number of azo groups is 1. The number of hydrogen-bond donors (Lipinski definition) is 3. The molecule has 0 aromatic heterocycles. The first kappa shape index (κ1) is 27.8. The first-order valence-corrected chi connectivity index (χ1v) is 14.2. The van der Waals surface area contributed by atoms with Crippen molar-refractivity contribution in [1.82, 2.24) is 0 Å². The third-order valence-electron chi connectivity index (χ3n) is 5.20. The van der Waals surface area contributed by atoms with E-state index in [1.165, 1.54) is 19.2 Å². The van der Waals surface area contributed by atoms with Gasteiger partial charge in [0.2, 0.25) is 0 Å². The second-order valence-corrected chi connectivity index (χ2v) is 11.6. The molecule has 13 heteroatoms. The lowest BCUT2D eigenvalue weighted by Crippen LogP contribution is -2.13. The van der Waals surface area contributed by atoms with Crippen molar-refractivity contribution in [3.8, 4) is 5.75 Å². The van der Waals surface area contributed by atoms with Gasteiger partial charge in [0.05, 0.1) is 34.8 Å². The number of methoxy groups -OCH3 is 1. The molecule has 3 aromatic rings. The molecule has 3 rings (SSSR count). The summed E-state index contributed by atoms with van der Waals surface area (Å²) in [7, 11) is -6.20. The quantitative estimate of drug-likeness (QED) is 0.243. The summed E-state index contributed by atoms with van der Waals surface area (Å²) in [6, 6.07) is 15.6. The maximum absolute atomic E-state index is 12.6. The minimum absolute atomic E-state index is 0.0399. The van der Waals surface area contributed by atoms with Crippen LogP contribution in [0.1, 0.15) is 22.8 Å². The Morgan fingerprint density at radius 3 is 2.32 bits per heavy atom. The van der Waals surface area contributed by atoms with Crippen molar-refractivity contribution < 1.29 is 30.9 Å². The van der Waals surface area contributed by atoms with Gasteiger partial charge in [0, 0.05) is 17.3 Å². The number of rotatable bonds is 10. The molecule has 0 aliphatic carbocycles. The summed E-state index contributed by atoms with van der Waals surface area (Å²) in [5, 5.41) is 13.7. The van der Waals surface area contributed by atoms with Crippen molar-refractivity contribution in [3.05, 3.63) is 71.8 Å². The molecule has 0 saturated carbocycles. The third kappa shape index (κ3) is 7.59. The number of anilines is 2. The molecule has 0 saturated heterocycles. The summed E-state index contributed by atoms with van der Waals surface area (Å²) >= 11 is 0. The number of benzene rings is 3. The number of hydrogen-bond acceptors (Lipinski definition) is 9. The van der Waals surface area contributed by atoms with Crippen LogP contribution >= 0.6 is 0 Å². The van der Waals surface area contributed by atoms with E-state index in [-0.39, 0.29) is 10.6 Å². The number of amides is 1. The predicted octanol–water partition coefficient (Wildman–Crippen LogP) is 4.72. The molecule has 11 nitrogen and oxygen atoms in total. The van der Waals surface area contributed by atoms with E-state index in [2.05, 4.69) is 20.9 Å². The molecule has 0 aliphatic rings. The maximum atomic E-state index is 12.6. The lowest BCUT2D eigenvalue weighted by molar-refractivity contribution is 0.102. The molecule has 0 spiro atoms. The minimum Gasteiger partial charge on any atom is -0.495 e. The Hall–Kier alpha value is -3.81. The number of nitrogens with zero attached hydrogens (tertiary/aromatic N) is 2. The van der Waals surface area contributed by atoms with Gasteiger partial charge in [-0.15, -0.1) is 0 Å². The lowest BCUT2D eigenvalue weighted by Gasteiger charge is -2.12. The average molecular weight is 547 g/mol. The van der Waals surface area contributed by atoms with Gasteiger partial charge < -0.3 is 15.4 Å². The summed E-state index contributed by atoms with van der Waals surface area (Å²) < 4.78 is 60.4. The summed E-state index contributed by atoms with van der Waals surface area (Å²) in [4.78, 5) is 12.7. The summed E-state index contributed by atoms with van der Waals surface area (Å²) in [6.45, 7) is 3.30. The Bertz CT molecular complexity index is 1540. The standard InChI is InChI=1S/C24H26N4O7S2/c1-4-36(30,31)20-7-5-6-19(13-20)26-24(29)17-8-10-18(11-9-17)27-28-21-14-23(35-3)22(12-16(21)2)25-15-37(32,33)34/h5-14,25H,4,15H2,1-3H3,(H,26,29)(H,32,33,34)/b28-27+. The molecular weight excluding hydrogens is 520 g/mol. The highest BCUT2D eigenvalue weighted by atomic mass is 32.2. The van der Waals surface area contributed by atoms with Gasteiger partial charge in [0.15, 0.2) is 9.84 Å². The number of carbonyl (C=O) groups excluding carboxylic acids is 1. The fraction of sp³-hybridized carbons (Fsp3) is 0.208. The predicted molar refractivity (Wildman–Crippen MR) is 141 cm³/mol. The normalized spacial score (nSPS) is 11.9. The molecule has 0 fully saturated rings. The van der Waals surface area contributed by atoms with E-state index in [0.717, 1.165) is 0 Å². The van der Waals surface area contributed by atoms with Gasteiger partial charge in [-0.3, -0.25) is 9.35 Å². The van der Waals surface area contributed by atoms with Gasteiger partial charge in [-0.25, -0.2) is 8.42 Å². The number of aryl methyl sites for hydroxylation is 1. The van der Waals surface area contributed by atoms with Crippen molar-refractivity contribution in [2.75, 3.05) is 29.4 Å². The van der Waals surface area contributed by atoms with Gasteiger partial charge in [-0.2, -0.15) is 18.6 Å². The fourth-order valence-electron chi connectivity index (χ4n) is 3.19. The van der Waals surface area contributed by atoms with Crippen LogP contribution in [0.15, 0.2) is 75.8 Å². The van der Waals surface area contributed by atoms with Crippen LogP contribution in [0.5, 0.6) is 5.75 Å². The van der Waals surface area contributed by atoms with Crippen molar-refractivity contribution >= 4 is 48.6 Å². The SMILES string of the molecule is CCS(=O)(=O)c1cccc(NC(=O)c2ccc(/N=N/c3cc(OC)c(NCS(=O)(=O)O)cc3C)cc2)c1. The highest BCUT2D eigenvalue weighted by molar-refractivity contribution is 7.91. The minimum atomic E-state index is -4.21. The Morgan fingerprint density at radius 1 is 1.00 bits per heavy atom. The van der Waals surface area contributed by atoms with Crippen LogP contribution in [-0.4, -0.2) is 46.0 Å². The van der Waals surface area contributed by atoms with Crippen LogP contribution < -0.4 is 15.4 Å². The molecule has 0 bridgehead atoms.